The number of carbonyl (C=O) groups is 1. The first-order chi connectivity index (χ1) is 25.9. The summed E-state index contributed by atoms with van der Waals surface area (Å²) in [5.74, 6) is 0.248. The number of hydrogen-bond donors (Lipinski definition) is 2. The van der Waals surface area contributed by atoms with Crippen LogP contribution in [0.5, 0.6) is 5.75 Å². The fraction of sp³-hybridized carbons (Fsp3) is 0.650. The molecule has 0 unspecified atom stereocenters. The van der Waals surface area contributed by atoms with Crippen LogP contribution >= 0.6 is 11.3 Å². The van der Waals surface area contributed by atoms with Crippen molar-refractivity contribution >= 4 is 37.5 Å². The lowest BCUT2D eigenvalue weighted by atomic mass is 9.90. The predicted octanol–water partition coefficient (Wildman–Crippen LogP) is 5.67. The fourth-order valence-corrected chi connectivity index (χ4v) is 10.8. The molecule has 296 valence electrons. The number of nitrogens with zero attached hydrogens (tertiary/aromatic N) is 2. The number of aromatic nitrogens is 1. The normalized spacial score (nSPS) is 25.0. The number of halogens is 1. The molecule has 14 heteroatoms. The zero-order chi connectivity index (χ0) is 38.0. The second-order valence-electron chi connectivity index (χ2n) is 16.2. The van der Waals surface area contributed by atoms with E-state index in [0.717, 1.165) is 38.1 Å². The summed E-state index contributed by atoms with van der Waals surface area (Å²) in [6.45, 7) is 4.90. The van der Waals surface area contributed by atoms with E-state index in [0.29, 0.717) is 24.2 Å². The Labute approximate surface area is 322 Å². The molecule has 2 aromatic carbocycles. The van der Waals surface area contributed by atoms with E-state index in [1.54, 1.807) is 31.4 Å². The summed E-state index contributed by atoms with van der Waals surface area (Å²) in [7, 11) is -2.67. The molecule has 54 heavy (non-hydrogen) atoms. The summed E-state index contributed by atoms with van der Waals surface area (Å²) in [6.07, 6.45) is 3.99. The Kier molecular flexibility index (Phi) is 12.3. The van der Waals surface area contributed by atoms with Crippen molar-refractivity contribution in [3.05, 3.63) is 53.0 Å². The average Bonchev–Trinajstić information content (AvgIpc) is 3.65. The Morgan fingerprint density at radius 3 is 2.57 bits per heavy atom. The molecule has 0 bridgehead atoms. The van der Waals surface area contributed by atoms with Crippen LogP contribution in [0.4, 0.5) is 4.39 Å². The number of hydrogen-bond acceptors (Lipinski definition) is 11. The first-order valence-electron chi connectivity index (χ1n) is 19.4. The molecule has 0 amide bonds. The minimum Gasteiger partial charge on any atom is -0.497 e. The quantitative estimate of drug-likeness (QED) is 0.155. The van der Waals surface area contributed by atoms with Crippen molar-refractivity contribution in [3.8, 4) is 5.75 Å². The maximum absolute atomic E-state index is 15.5. The van der Waals surface area contributed by atoms with Gasteiger partial charge in [0.15, 0.2) is 6.29 Å². The highest BCUT2D eigenvalue weighted by atomic mass is 32.2. The highest BCUT2D eigenvalue weighted by Gasteiger charge is 2.50. The van der Waals surface area contributed by atoms with E-state index in [9.17, 15) is 18.3 Å². The average molecular weight is 788 g/mol. The Morgan fingerprint density at radius 1 is 1.13 bits per heavy atom. The molecule has 4 aliphatic rings. The maximum Gasteiger partial charge on any atom is 0.306 e. The number of nitrogens with one attached hydrogen (secondary N) is 1. The molecule has 3 heterocycles. The van der Waals surface area contributed by atoms with Crippen molar-refractivity contribution in [3.63, 3.8) is 0 Å². The van der Waals surface area contributed by atoms with E-state index in [1.807, 2.05) is 12.1 Å². The van der Waals surface area contributed by atoms with Gasteiger partial charge in [0.25, 0.3) is 0 Å². The summed E-state index contributed by atoms with van der Waals surface area (Å²) in [4.78, 5) is 18.5. The van der Waals surface area contributed by atoms with Crippen LogP contribution in [0, 0.1) is 23.7 Å². The second kappa shape index (κ2) is 16.8. The van der Waals surface area contributed by atoms with Gasteiger partial charge >= 0.3 is 5.97 Å². The van der Waals surface area contributed by atoms with Crippen molar-refractivity contribution in [1.29, 1.82) is 0 Å². The molecule has 2 N–H and O–H groups in total. The van der Waals surface area contributed by atoms with Gasteiger partial charge in [0.05, 0.1) is 58.9 Å². The molecule has 3 aromatic rings. The number of sulfonamides is 1. The van der Waals surface area contributed by atoms with E-state index in [1.165, 1.54) is 43.1 Å². The van der Waals surface area contributed by atoms with Crippen LogP contribution in [0.3, 0.4) is 0 Å². The van der Waals surface area contributed by atoms with Crippen molar-refractivity contribution in [2.45, 2.75) is 107 Å². The van der Waals surface area contributed by atoms with Crippen LogP contribution in [0.15, 0.2) is 47.4 Å². The van der Waals surface area contributed by atoms with Gasteiger partial charge in [-0.15, -0.1) is 11.3 Å². The number of rotatable bonds is 18. The number of alkyl halides is 1. The van der Waals surface area contributed by atoms with E-state index >= 15 is 4.39 Å². The minimum absolute atomic E-state index is 0.0313. The lowest BCUT2D eigenvalue weighted by molar-refractivity contribution is -0.153. The maximum atomic E-state index is 15.5. The van der Waals surface area contributed by atoms with Gasteiger partial charge in [-0.05, 0) is 73.5 Å². The summed E-state index contributed by atoms with van der Waals surface area (Å²) in [5, 5.41) is 16.4. The zero-order valence-corrected chi connectivity index (χ0v) is 33.1. The molecule has 0 spiro atoms. The molecule has 2 aliphatic heterocycles. The topological polar surface area (TPSA) is 137 Å². The molecular weight excluding hydrogens is 734 g/mol. The molecule has 2 saturated carbocycles. The molecule has 4 fully saturated rings. The smallest absolute Gasteiger partial charge is 0.306 e. The van der Waals surface area contributed by atoms with Crippen LogP contribution in [-0.2, 0) is 41.9 Å². The Balaban J connectivity index is 1.09. The van der Waals surface area contributed by atoms with Crippen LogP contribution in [-0.4, -0.2) is 98.9 Å². The number of aliphatic hydroxyl groups is 1. The first-order valence-corrected chi connectivity index (χ1v) is 21.7. The molecule has 11 nitrogen and oxygen atoms in total. The van der Waals surface area contributed by atoms with Gasteiger partial charge < -0.3 is 29.4 Å². The predicted molar refractivity (Wildman–Crippen MR) is 204 cm³/mol. The molecule has 1 aromatic heterocycles. The third-order valence-electron chi connectivity index (χ3n) is 11.4. The number of ether oxygens (including phenoxy) is 4. The molecule has 2 aliphatic carbocycles. The van der Waals surface area contributed by atoms with Crippen LogP contribution in [0.1, 0.15) is 69.4 Å². The van der Waals surface area contributed by atoms with Gasteiger partial charge in [-0.25, -0.2) is 17.8 Å². The summed E-state index contributed by atoms with van der Waals surface area (Å²) < 4.78 is 69.0. The van der Waals surface area contributed by atoms with Gasteiger partial charge in [-0.1, -0.05) is 51.7 Å². The minimum atomic E-state index is -4.24. The fourth-order valence-electron chi connectivity index (χ4n) is 8.07. The Morgan fingerprint density at radius 2 is 1.87 bits per heavy atom. The Hall–Kier alpha value is -2.72. The van der Waals surface area contributed by atoms with Crippen LogP contribution in [0.25, 0.3) is 10.2 Å². The summed E-state index contributed by atoms with van der Waals surface area (Å²) in [5.41, 5.74) is -0.101. The monoisotopic (exact) mass is 787 g/mol. The number of benzene rings is 2. The summed E-state index contributed by atoms with van der Waals surface area (Å²) in [6, 6.07) is 12.1. The van der Waals surface area contributed by atoms with Gasteiger partial charge in [0.2, 0.25) is 10.0 Å². The lowest BCUT2D eigenvalue weighted by Crippen LogP contribution is -2.45. The SMILES string of the molecule is COc1ccc(C[C@H](CC(=O)O[C@H]2CO[C@H]3OC[C@H](NCC(C)C)[C@H]32)[C@H](O)CN(CC2(F)CC2)S(=O)(=O)c2ccc3nc(CC4CCCC4)sc3c2)cc1. The van der Waals surface area contributed by atoms with Gasteiger partial charge in [-0.2, -0.15) is 4.31 Å². The number of fused-ring (bicyclic) bond motifs is 2. The van der Waals surface area contributed by atoms with Gasteiger partial charge in [-0.3, -0.25) is 4.79 Å². The number of thiazole rings is 1. The largest absolute Gasteiger partial charge is 0.497 e. The Bertz CT molecular complexity index is 1850. The van der Waals surface area contributed by atoms with E-state index in [-0.39, 0.29) is 62.2 Å². The number of aliphatic hydroxyl groups excluding tert-OH is 1. The number of esters is 1. The molecule has 6 atom stereocenters. The highest BCUT2D eigenvalue weighted by Crippen LogP contribution is 2.42. The third-order valence-corrected chi connectivity index (χ3v) is 14.2. The van der Waals surface area contributed by atoms with Crippen LogP contribution in [0.2, 0.25) is 0 Å². The molecular formula is C40H54FN3O8S2. The van der Waals surface area contributed by atoms with Crippen molar-refractivity contribution in [2.75, 3.05) is 40.0 Å². The summed E-state index contributed by atoms with van der Waals surface area (Å²) >= 11 is 1.50. The van der Waals surface area contributed by atoms with Crippen molar-refractivity contribution < 1.29 is 41.7 Å². The van der Waals surface area contributed by atoms with Crippen LogP contribution < -0.4 is 10.1 Å². The zero-order valence-electron chi connectivity index (χ0n) is 31.5. The molecule has 0 radical (unpaired) electrons. The number of carbonyl (C=O) groups excluding carboxylic acids is 1. The standard InChI is InChI=1S/C40H54FN3O8S2/c1-25(2)20-42-32-22-50-39-38(32)34(23-51-39)52-37(46)18-28(16-27-8-10-29(49-3)11-9-27)33(45)21-44(24-40(41)14-15-40)54(47,48)30-12-13-31-35(19-30)53-36(43-31)17-26-6-4-5-7-26/h8-13,19,25-26,28,32-34,38-39,42,45H,4-7,14-18,20-24H2,1-3H3/t28-,32+,33-,34+,38+,39-/m1/s1. The second-order valence-corrected chi connectivity index (χ2v) is 19.2. The molecule has 2 saturated heterocycles. The van der Waals surface area contributed by atoms with E-state index in [4.69, 9.17) is 23.9 Å². The van der Waals surface area contributed by atoms with Crippen molar-refractivity contribution in [2.24, 2.45) is 23.7 Å². The third kappa shape index (κ3) is 9.45. The first kappa shape index (κ1) is 39.5. The highest BCUT2D eigenvalue weighted by molar-refractivity contribution is 7.89. The van der Waals surface area contributed by atoms with E-state index in [2.05, 4.69) is 19.2 Å². The van der Waals surface area contributed by atoms with Gasteiger partial charge in [0.1, 0.15) is 17.5 Å². The van der Waals surface area contributed by atoms with Gasteiger partial charge in [0, 0.05) is 31.5 Å². The molecule has 7 rings (SSSR count). The lowest BCUT2D eigenvalue weighted by Gasteiger charge is -2.30. The number of methoxy groups -OCH3 is 1. The van der Waals surface area contributed by atoms with E-state index < -0.39 is 46.1 Å². The van der Waals surface area contributed by atoms with Crippen molar-refractivity contribution in [1.82, 2.24) is 14.6 Å².